The molecule has 0 aliphatic rings. The van der Waals surface area contributed by atoms with Crippen molar-refractivity contribution in [1.29, 1.82) is 0 Å². The van der Waals surface area contributed by atoms with E-state index in [1.807, 2.05) is 43.7 Å². The fraction of sp³-hybridized carbons (Fsp3) is 0.231. The van der Waals surface area contributed by atoms with Crippen LogP contribution < -0.4 is 0 Å². The van der Waals surface area contributed by atoms with Gasteiger partial charge < -0.3 is 9.67 Å². The van der Waals surface area contributed by atoms with E-state index < -0.39 is 0 Å². The molecule has 0 unspecified atom stereocenters. The number of benzene rings is 1. The zero-order valence-corrected chi connectivity index (χ0v) is 10.1. The molecule has 5 nitrogen and oxygen atoms in total. The molecule has 1 N–H and O–H groups in total. The van der Waals surface area contributed by atoms with Crippen LogP contribution in [0.3, 0.4) is 0 Å². The van der Waals surface area contributed by atoms with Crippen molar-refractivity contribution in [2.24, 2.45) is 7.05 Å². The Balaban J connectivity index is 1.97. The summed E-state index contributed by atoms with van der Waals surface area (Å²) in [5.41, 5.74) is 3.00. The molecule has 92 valence electrons. The third kappa shape index (κ3) is 1.89. The van der Waals surface area contributed by atoms with E-state index in [0.717, 1.165) is 22.2 Å². The van der Waals surface area contributed by atoms with Crippen molar-refractivity contribution in [1.82, 2.24) is 19.6 Å². The van der Waals surface area contributed by atoms with E-state index in [9.17, 15) is 0 Å². The molecule has 0 amide bonds. The van der Waals surface area contributed by atoms with Crippen molar-refractivity contribution in [2.75, 3.05) is 0 Å². The van der Waals surface area contributed by atoms with Crippen LogP contribution in [0.5, 0.6) is 0 Å². The molecule has 3 rings (SSSR count). The molecule has 2 aromatic heterocycles. The number of aliphatic hydroxyl groups is 1. The quantitative estimate of drug-likeness (QED) is 0.753. The lowest BCUT2D eigenvalue weighted by Gasteiger charge is -2.03. The highest BCUT2D eigenvalue weighted by Crippen LogP contribution is 2.18. The van der Waals surface area contributed by atoms with Crippen molar-refractivity contribution < 1.29 is 5.11 Å². The van der Waals surface area contributed by atoms with Gasteiger partial charge in [-0.25, -0.2) is 0 Å². The molecular formula is C13H14N4O. The Labute approximate surface area is 104 Å². The molecule has 0 aliphatic carbocycles. The first kappa shape index (κ1) is 11.0. The molecule has 0 fully saturated rings. The van der Waals surface area contributed by atoms with Crippen LogP contribution in [-0.4, -0.2) is 24.7 Å². The van der Waals surface area contributed by atoms with Gasteiger partial charge in [0.25, 0.3) is 0 Å². The topological polar surface area (TPSA) is 55.9 Å². The van der Waals surface area contributed by atoms with Gasteiger partial charge in [-0.05, 0) is 29.1 Å². The van der Waals surface area contributed by atoms with E-state index in [0.29, 0.717) is 6.54 Å². The van der Waals surface area contributed by atoms with E-state index in [4.69, 9.17) is 5.11 Å². The van der Waals surface area contributed by atoms with E-state index >= 15 is 0 Å². The molecule has 0 bridgehead atoms. The second-order valence-electron chi connectivity index (χ2n) is 4.38. The minimum absolute atomic E-state index is 0.0747. The molecule has 5 heteroatoms. The maximum atomic E-state index is 9.11. The molecule has 0 radical (unpaired) electrons. The summed E-state index contributed by atoms with van der Waals surface area (Å²) < 4.78 is 3.82. The Morgan fingerprint density at radius 3 is 2.89 bits per heavy atom. The molecule has 3 aromatic rings. The lowest BCUT2D eigenvalue weighted by atomic mass is 10.2. The number of hydrogen-bond acceptors (Lipinski definition) is 3. The van der Waals surface area contributed by atoms with Crippen molar-refractivity contribution >= 4 is 10.9 Å². The summed E-state index contributed by atoms with van der Waals surface area (Å²) in [7, 11) is 1.86. The first-order valence-electron chi connectivity index (χ1n) is 5.80. The largest absolute Gasteiger partial charge is 0.392 e. The second kappa shape index (κ2) is 4.27. The Morgan fingerprint density at radius 1 is 1.28 bits per heavy atom. The predicted molar refractivity (Wildman–Crippen MR) is 68.0 cm³/mol. The summed E-state index contributed by atoms with van der Waals surface area (Å²) in [6, 6.07) is 8.01. The highest BCUT2D eigenvalue weighted by molar-refractivity contribution is 5.80. The van der Waals surface area contributed by atoms with Crippen LogP contribution in [0.15, 0.2) is 36.7 Å². The van der Waals surface area contributed by atoms with Crippen molar-refractivity contribution in [3.05, 3.63) is 47.9 Å². The maximum absolute atomic E-state index is 9.11. The summed E-state index contributed by atoms with van der Waals surface area (Å²) in [6.45, 7) is 0.779. The zero-order valence-electron chi connectivity index (χ0n) is 10.1. The third-order valence-electron chi connectivity index (χ3n) is 3.00. The minimum Gasteiger partial charge on any atom is -0.392 e. The number of aromatic nitrogens is 4. The molecule has 0 saturated carbocycles. The fourth-order valence-corrected chi connectivity index (χ4v) is 2.13. The molecule has 0 atom stereocenters. The Morgan fingerprint density at radius 2 is 2.17 bits per heavy atom. The normalized spacial score (nSPS) is 11.2. The maximum Gasteiger partial charge on any atom is 0.102 e. The Bertz CT molecular complexity index is 683. The number of hydrogen-bond donors (Lipinski definition) is 1. The second-order valence-corrected chi connectivity index (χ2v) is 4.38. The van der Waals surface area contributed by atoms with Crippen molar-refractivity contribution in [3.8, 4) is 0 Å². The van der Waals surface area contributed by atoms with E-state index in [2.05, 4.69) is 14.9 Å². The number of aliphatic hydroxyl groups excluding tert-OH is 1. The smallest absolute Gasteiger partial charge is 0.102 e. The highest BCUT2D eigenvalue weighted by atomic mass is 16.3. The summed E-state index contributed by atoms with van der Waals surface area (Å²) >= 11 is 0. The fourth-order valence-electron chi connectivity index (χ4n) is 2.13. The first-order valence-corrected chi connectivity index (χ1v) is 5.80. The lowest BCUT2D eigenvalue weighted by molar-refractivity contribution is 0.282. The Kier molecular flexibility index (Phi) is 2.60. The van der Waals surface area contributed by atoms with E-state index in [1.54, 1.807) is 4.68 Å². The van der Waals surface area contributed by atoms with Gasteiger partial charge in [-0.1, -0.05) is 11.3 Å². The van der Waals surface area contributed by atoms with Crippen LogP contribution in [0.25, 0.3) is 10.9 Å². The molecule has 0 spiro atoms. The number of aryl methyl sites for hydroxylation is 1. The van der Waals surface area contributed by atoms with E-state index in [-0.39, 0.29) is 6.61 Å². The van der Waals surface area contributed by atoms with Crippen LogP contribution in [-0.2, 0) is 20.2 Å². The lowest BCUT2D eigenvalue weighted by Crippen LogP contribution is -1.98. The highest BCUT2D eigenvalue weighted by Gasteiger charge is 2.04. The van der Waals surface area contributed by atoms with Gasteiger partial charge in [0.05, 0.1) is 13.2 Å². The van der Waals surface area contributed by atoms with Crippen molar-refractivity contribution in [2.45, 2.75) is 13.2 Å². The van der Waals surface area contributed by atoms with Gasteiger partial charge in [0.2, 0.25) is 0 Å². The number of nitrogens with zero attached hydrogens (tertiary/aromatic N) is 4. The predicted octanol–water partition coefficient (Wildman–Crippen LogP) is 1.31. The van der Waals surface area contributed by atoms with Gasteiger partial charge in [-0.2, -0.15) is 0 Å². The van der Waals surface area contributed by atoms with Gasteiger partial charge >= 0.3 is 0 Å². The van der Waals surface area contributed by atoms with Gasteiger partial charge in [0.15, 0.2) is 0 Å². The first-order chi connectivity index (χ1) is 8.76. The Hall–Kier alpha value is -2.14. The van der Waals surface area contributed by atoms with Gasteiger partial charge in [0.1, 0.15) is 5.69 Å². The molecule has 2 heterocycles. The standard InChI is InChI=1S/C13H14N4O/c1-16-7-12(14-15-16)8-17-5-4-11-6-10(9-18)2-3-13(11)17/h2-7,18H,8-9H2,1H3. The molecule has 18 heavy (non-hydrogen) atoms. The SMILES string of the molecule is Cn1cc(Cn2ccc3cc(CO)ccc32)nn1. The van der Waals surface area contributed by atoms with Gasteiger partial charge in [-0.3, -0.25) is 4.68 Å². The zero-order chi connectivity index (χ0) is 12.5. The van der Waals surface area contributed by atoms with Crippen LogP contribution >= 0.6 is 0 Å². The molecule has 0 saturated heterocycles. The van der Waals surface area contributed by atoms with Crippen LogP contribution in [0, 0.1) is 0 Å². The van der Waals surface area contributed by atoms with Crippen LogP contribution in [0.1, 0.15) is 11.3 Å². The minimum atomic E-state index is 0.0747. The van der Waals surface area contributed by atoms with Gasteiger partial charge in [-0.15, -0.1) is 5.10 Å². The summed E-state index contributed by atoms with van der Waals surface area (Å²) in [4.78, 5) is 0. The summed E-state index contributed by atoms with van der Waals surface area (Å²) in [5.74, 6) is 0. The molecule has 0 aliphatic heterocycles. The number of fused-ring (bicyclic) bond motifs is 1. The van der Waals surface area contributed by atoms with Gasteiger partial charge in [0, 0.05) is 25.0 Å². The summed E-state index contributed by atoms with van der Waals surface area (Å²) in [6.07, 6.45) is 3.94. The third-order valence-corrected chi connectivity index (χ3v) is 3.00. The molecular weight excluding hydrogens is 228 g/mol. The monoisotopic (exact) mass is 242 g/mol. The van der Waals surface area contributed by atoms with Crippen molar-refractivity contribution in [3.63, 3.8) is 0 Å². The summed E-state index contributed by atoms with van der Waals surface area (Å²) in [5, 5.41) is 18.3. The average Bonchev–Trinajstić information content (AvgIpc) is 2.96. The number of rotatable bonds is 3. The van der Waals surface area contributed by atoms with Crippen LogP contribution in [0.2, 0.25) is 0 Å². The van der Waals surface area contributed by atoms with Crippen LogP contribution in [0.4, 0.5) is 0 Å². The molecule has 1 aromatic carbocycles. The van der Waals surface area contributed by atoms with E-state index in [1.165, 1.54) is 0 Å². The average molecular weight is 242 g/mol.